The highest BCUT2D eigenvalue weighted by Crippen LogP contribution is 2.60. The van der Waals surface area contributed by atoms with E-state index in [0.29, 0.717) is 0 Å². The molecule has 0 saturated carbocycles. The Kier molecular flexibility index (Phi) is 18.9. The molecule has 12 aromatic rings. The zero-order valence-electron chi connectivity index (χ0n) is 62.3. The van der Waals surface area contributed by atoms with Gasteiger partial charge in [-0.2, -0.15) is 0 Å². The van der Waals surface area contributed by atoms with E-state index in [1.807, 2.05) is 0 Å². The molecule has 0 spiro atoms. The summed E-state index contributed by atoms with van der Waals surface area (Å²) in [5.74, 6) is 19.0. The third-order valence-corrected chi connectivity index (χ3v) is 27.4. The Hall–Kier alpha value is -7.57. The van der Waals surface area contributed by atoms with Gasteiger partial charge in [0.25, 0.3) is 0 Å². The van der Waals surface area contributed by atoms with Crippen LogP contribution in [-0.2, 0) is 51.4 Å². The van der Waals surface area contributed by atoms with Crippen molar-refractivity contribution in [2.75, 3.05) is 28.4 Å². The Morgan fingerprint density at radius 1 is 0.269 bits per heavy atom. The van der Waals surface area contributed by atoms with Crippen molar-refractivity contribution in [3.05, 3.63) is 206 Å². The lowest BCUT2D eigenvalue weighted by Crippen LogP contribution is -2.17. The lowest BCUT2D eigenvalue weighted by Gasteiger charge is -2.33. The molecule has 16 rings (SSSR count). The summed E-state index contributed by atoms with van der Waals surface area (Å²) in [6, 6.07) is 44.4. The average Bonchev–Trinajstić information content (AvgIpc) is 0.695. The molecule has 0 amide bonds. The maximum Gasteiger partial charge on any atom is 0.133 e. The first kappa shape index (κ1) is 72.0. The van der Waals surface area contributed by atoms with Gasteiger partial charge in [0, 0.05) is 66.1 Å². The Morgan fingerprint density at radius 2 is 0.471 bits per heavy atom. The summed E-state index contributed by atoms with van der Waals surface area (Å²) in [4.78, 5) is 0. The Bertz CT molecular complexity index is 5310. The summed E-state index contributed by atoms with van der Waals surface area (Å²) >= 11 is 16.3. The lowest BCUT2D eigenvalue weighted by molar-refractivity contribution is 0.412. The minimum Gasteiger partial charge on any atom is -0.496 e. The number of benzene rings is 12. The van der Waals surface area contributed by atoms with Crippen LogP contribution in [0.25, 0.3) is 109 Å². The van der Waals surface area contributed by atoms with Gasteiger partial charge in [0.15, 0.2) is 0 Å². The third-order valence-electron chi connectivity index (χ3n) is 20.7. The van der Waals surface area contributed by atoms with Crippen molar-refractivity contribution in [3.8, 4) is 113 Å². The lowest BCUT2D eigenvalue weighted by atomic mass is 9.71. The van der Waals surface area contributed by atoms with E-state index in [0.717, 1.165) is 115 Å². The first-order chi connectivity index (χ1) is 49.6. The molecule has 0 aliphatic heterocycles. The molecule has 4 aliphatic rings. The van der Waals surface area contributed by atoms with E-state index < -0.39 is 32.3 Å². The number of hydrogen-bond donors (Lipinski definition) is 0. The maximum absolute atomic E-state index is 5.96. The quantitative estimate of drug-likeness (QED) is 0.1000. The highest BCUT2D eigenvalue weighted by molar-refractivity contribution is 9.11. The third kappa shape index (κ3) is 12.7. The highest BCUT2D eigenvalue weighted by atomic mass is 79.9. The van der Waals surface area contributed by atoms with Crippen LogP contribution in [0, 0.1) is 45.9 Å². The number of fused-ring (bicyclic) bond motifs is 24. The highest BCUT2D eigenvalue weighted by Gasteiger charge is 2.38. The SMILES string of the molecule is COc1ccc2c(c1Br)-c1c3c(c4c(C#C[Si](C)(C)C)c5cc6ccccc6cc5c(C#C[Si](C)(C)C)c4c1CC2)CCc1ccc(OC)c(Br)c1-3.COc1ccc2c(c1Br)-c1c3c(c4c(C#C[Si](C)(C)C)c5cc6ccccc6cc5c(C#C[Si](C)(C)C)c4c1CC2)CCc1ccc(OC)c(Br)c1-3. The molecule has 12 heteroatoms. The van der Waals surface area contributed by atoms with Crippen LogP contribution in [-0.4, -0.2) is 60.7 Å². The zero-order valence-corrected chi connectivity index (χ0v) is 72.7. The first-order valence-electron chi connectivity index (χ1n) is 36.1. The molecule has 0 N–H and O–H groups in total. The molecule has 4 nitrogen and oxygen atoms in total. The minimum absolute atomic E-state index is 0.839. The first-order valence-corrected chi connectivity index (χ1v) is 53.3. The molecule has 0 heterocycles. The molecule has 0 fully saturated rings. The van der Waals surface area contributed by atoms with Gasteiger partial charge in [-0.3, -0.25) is 0 Å². The van der Waals surface area contributed by atoms with Crippen molar-refractivity contribution in [3.63, 3.8) is 0 Å². The molecule has 0 radical (unpaired) electrons. The van der Waals surface area contributed by atoms with Crippen LogP contribution >= 0.6 is 63.7 Å². The van der Waals surface area contributed by atoms with Gasteiger partial charge in [-0.25, -0.2) is 0 Å². The van der Waals surface area contributed by atoms with Gasteiger partial charge < -0.3 is 18.9 Å². The number of ether oxygens (including phenoxy) is 4. The Balaban J connectivity index is 0.000000167. The largest absolute Gasteiger partial charge is 0.496 e. The van der Waals surface area contributed by atoms with E-state index in [9.17, 15) is 0 Å². The number of rotatable bonds is 4. The molecule has 0 bridgehead atoms. The zero-order chi connectivity index (χ0) is 73.4. The average molecular weight is 1690 g/mol. The van der Waals surface area contributed by atoms with Crippen LogP contribution in [0.1, 0.15) is 66.8 Å². The summed E-state index contributed by atoms with van der Waals surface area (Å²) in [6.45, 7) is 28.1. The molecular formula is C92H84Br4O4Si4. The predicted octanol–water partition coefficient (Wildman–Crippen LogP) is 25.4. The van der Waals surface area contributed by atoms with E-state index in [-0.39, 0.29) is 0 Å². The molecule has 0 unspecified atom stereocenters. The number of hydrogen-bond acceptors (Lipinski definition) is 4. The van der Waals surface area contributed by atoms with Gasteiger partial charge in [-0.1, -0.05) is 175 Å². The molecule has 4 aliphatic carbocycles. The fourth-order valence-corrected chi connectivity index (χ4v) is 21.2. The fourth-order valence-electron chi connectivity index (χ4n) is 16.3. The van der Waals surface area contributed by atoms with Crippen LogP contribution in [0.2, 0.25) is 78.6 Å². The smallest absolute Gasteiger partial charge is 0.133 e. The molecule has 12 aromatic carbocycles. The predicted molar refractivity (Wildman–Crippen MR) is 467 cm³/mol. The Morgan fingerprint density at radius 3 is 0.654 bits per heavy atom. The van der Waals surface area contributed by atoms with Crippen LogP contribution in [0.3, 0.4) is 0 Å². The second-order valence-corrected chi connectivity index (χ2v) is 54.5. The number of halogens is 4. The standard InChI is InChI=1S/2C46H42Br2O2Si2/c2*1-49-37-19-15-27-13-17-33-41-31(21-23-51(3,4)5)35-25-29-11-9-10-12-30(29)26-36(35)32(22-24-52(6,7)8)42(41)34-18-14-28-16-20-38(50-2)46(48)40(28)44(34)43(33)39(27)45(37)47/h2*9-12,15-16,19-20,25-26H,13-14,17-18H2,1-8H3. The van der Waals surface area contributed by atoms with Gasteiger partial charge >= 0.3 is 0 Å². The summed E-state index contributed by atoms with van der Waals surface area (Å²) in [6.07, 6.45) is 7.34. The molecule has 520 valence electrons. The van der Waals surface area contributed by atoms with E-state index in [4.69, 9.17) is 18.9 Å². The Labute approximate surface area is 651 Å². The monoisotopic (exact) mass is 1680 g/mol. The molecule has 0 saturated heterocycles. The van der Waals surface area contributed by atoms with E-state index in [2.05, 4.69) is 309 Å². The van der Waals surface area contributed by atoms with Gasteiger partial charge in [0.05, 0.1) is 46.3 Å². The van der Waals surface area contributed by atoms with Gasteiger partial charge in [-0.05, 0) is 273 Å². The normalized spacial score (nSPS) is 13.3. The van der Waals surface area contributed by atoms with E-state index >= 15 is 0 Å². The summed E-state index contributed by atoms with van der Waals surface area (Å²) in [5.41, 5.74) is 40.6. The number of methoxy groups -OCH3 is 4. The van der Waals surface area contributed by atoms with Crippen LogP contribution in [0.5, 0.6) is 23.0 Å². The van der Waals surface area contributed by atoms with Crippen molar-refractivity contribution in [2.24, 2.45) is 0 Å². The van der Waals surface area contributed by atoms with Crippen molar-refractivity contribution in [1.29, 1.82) is 0 Å². The minimum atomic E-state index is -1.76. The van der Waals surface area contributed by atoms with Gasteiger partial charge in [-0.15, -0.1) is 22.2 Å². The molecule has 0 atom stereocenters. The fraction of sp³-hybridized carbons (Fsp3) is 0.261. The number of aryl methyl sites for hydroxylation is 8. The maximum atomic E-state index is 5.96. The van der Waals surface area contributed by atoms with Gasteiger partial charge in [0.2, 0.25) is 0 Å². The summed E-state index contributed by atoms with van der Waals surface area (Å²) in [7, 11) is -0.00548. The summed E-state index contributed by atoms with van der Waals surface area (Å²) in [5, 5.41) is 14.8. The molecule has 104 heavy (non-hydrogen) atoms. The van der Waals surface area contributed by atoms with Crippen molar-refractivity contribution in [2.45, 2.75) is 130 Å². The van der Waals surface area contributed by atoms with Crippen molar-refractivity contribution < 1.29 is 18.9 Å². The second kappa shape index (κ2) is 27.3. The van der Waals surface area contributed by atoms with E-state index in [1.165, 1.54) is 154 Å². The second-order valence-electron chi connectivity index (χ2n) is 32.4. The molecule has 0 aromatic heterocycles. The van der Waals surface area contributed by atoms with Crippen molar-refractivity contribution >= 4 is 161 Å². The van der Waals surface area contributed by atoms with Crippen LogP contribution < -0.4 is 18.9 Å². The van der Waals surface area contributed by atoms with Crippen LogP contribution in [0.15, 0.2) is 139 Å². The van der Waals surface area contributed by atoms with Gasteiger partial charge in [0.1, 0.15) is 55.3 Å². The van der Waals surface area contributed by atoms with Crippen molar-refractivity contribution in [1.82, 2.24) is 0 Å². The molecular weight excluding hydrogens is 1600 g/mol. The topological polar surface area (TPSA) is 36.9 Å². The van der Waals surface area contributed by atoms with E-state index in [1.54, 1.807) is 28.4 Å². The van der Waals surface area contributed by atoms with Crippen LogP contribution in [0.4, 0.5) is 0 Å². The summed E-state index contributed by atoms with van der Waals surface area (Å²) < 4.78 is 27.8.